The van der Waals surface area contributed by atoms with Crippen LogP contribution in [-0.4, -0.2) is 36.4 Å². The zero-order valence-corrected chi connectivity index (χ0v) is 14.2. The van der Waals surface area contributed by atoms with E-state index in [9.17, 15) is 8.42 Å². The summed E-state index contributed by atoms with van der Waals surface area (Å²) in [6.07, 6.45) is 3.37. The first-order chi connectivity index (χ1) is 10.9. The van der Waals surface area contributed by atoms with Crippen molar-refractivity contribution >= 4 is 20.9 Å². The Kier molecular flexibility index (Phi) is 3.95. The Balaban J connectivity index is 2.04. The summed E-state index contributed by atoms with van der Waals surface area (Å²) in [6.45, 7) is 0. The molecule has 0 aliphatic carbocycles. The molecule has 0 unspecified atom stereocenters. The number of para-hydroxylation sites is 1. The van der Waals surface area contributed by atoms with E-state index in [4.69, 9.17) is 0 Å². The van der Waals surface area contributed by atoms with Gasteiger partial charge in [0, 0.05) is 50.0 Å². The summed E-state index contributed by atoms with van der Waals surface area (Å²) < 4.78 is 27.4. The van der Waals surface area contributed by atoms with Crippen LogP contribution < -0.4 is 0 Å². The minimum Gasteiger partial charge on any atom is -0.344 e. The smallest absolute Gasteiger partial charge is 0.217 e. The Hall–Kier alpha value is -2.18. The number of hydrogen-bond acceptors (Lipinski definition) is 3. The van der Waals surface area contributed by atoms with E-state index in [-0.39, 0.29) is 5.75 Å². The first kappa shape index (κ1) is 15.7. The molecule has 0 radical (unpaired) electrons. The highest BCUT2D eigenvalue weighted by atomic mass is 32.2. The average molecular weight is 329 g/mol. The van der Waals surface area contributed by atoms with Crippen LogP contribution in [0.1, 0.15) is 5.56 Å². The standard InChI is InChI=1S/C17H19N3O2S/c1-19(2)23(21,22)12-13-8-15(11-18-10-13)17-9-14-6-4-5-7-16(14)20(17)3/h4-11H,12H2,1-3H3. The van der Waals surface area contributed by atoms with Gasteiger partial charge in [-0.2, -0.15) is 0 Å². The molecule has 0 fully saturated rings. The molecule has 3 aromatic rings. The van der Waals surface area contributed by atoms with Gasteiger partial charge in [-0.25, -0.2) is 12.7 Å². The molecule has 2 aromatic heterocycles. The summed E-state index contributed by atoms with van der Waals surface area (Å²) in [5.74, 6) is -0.0508. The molecule has 23 heavy (non-hydrogen) atoms. The van der Waals surface area contributed by atoms with Gasteiger partial charge in [0.1, 0.15) is 0 Å². The fourth-order valence-electron chi connectivity index (χ4n) is 2.61. The molecule has 3 rings (SSSR count). The van der Waals surface area contributed by atoms with Crippen LogP contribution in [-0.2, 0) is 22.8 Å². The molecule has 0 aliphatic rings. The summed E-state index contributed by atoms with van der Waals surface area (Å²) in [6, 6.07) is 12.1. The molecule has 0 saturated heterocycles. The molecule has 0 aliphatic heterocycles. The normalized spacial score (nSPS) is 12.2. The third-order valence-electron chi connectivity index (χ3n) is 3.95. The molecule has 0 saturated carbocycles. The molecule has 0 amide bonds. The summed E-state index contributed by atoms with van der Waals surface area (Å²) >= 11 is 0. The van der Waals surface area contributed by atoms with Crippen LogP contribution in [0, 0.1) is 0 Å². The Bertz CT molecular complexity index is 959. The second-order valence-corrected chi connectivity index (χ2v) is 7.95. The first-order valence-corrected chi connectivity index (χ1v) is 8.88. The molecular formula is C17H19N3O2S. The molecule has 5 nitrogen and oxygen atoms in total. The van der Waals surface area contributed by atoms with E-state index in [1.54, 1.807) is 12.4 Å². The van der Waals surface area contributed by atoms with Crippen LogP contribution in [0.4, 0.5) is 0 Å². The van der Waals surface area contributed by atoms with E-state index in [2.05, 4.69) is 27.8 Å². The molecule has 120 valence electrons. The number of fused-ring (bicyclic) bond motifs is 1. The number of hydrogen-bond donors (Lipinski definition) is 0. The van der Waals surface area contributed by atoms with Gasteiger partial charge < -0.3 is 4.57 Å². The Labute approximate surface area is 136 Å². The van der Waals surface area contributed by atoms with Crippen molar-refractivity contribution in [3.05, 3.63) is 54.4 Å². The first-order valence-electron chi connectivity index (χ1n) is 7.27. The van der Waals surface area contributed by atoms with Crippen molar-refractivity contribution in [2.45, 2.75) is 5.75 Å². The van der Waals surface area contributed by atoms with Crippen LogP contribution >= 0.6 is 0 Å². The molecule has 2 heterocycles. The minimum absolute atomic E-state index is 0.0508. The number of rotatable bonds is 4. The summed E-state index contributed by atoms with van der Waals surface area (Å²) in [7, 11) is 1.78. The van der Waals surface area contributed by atoms with Crippen LogP contribution in [0.2, 0.25) is 0 Å². The fraction of sp³-hybridized carbons (Fsp3) is 0.235. The number of benzene rings is 1. The lowest BCUT2D eigenvalue weighted by Crippen LogP contribution is -2.23. The highest BCUT2D eigenvalue weighted by Crippen LogP contribution is 2.27. The van der Waals surface area contributed by atoms with Gasteiger partial charge in [0.25, 0.3) is 0 Å². The number of aromatic nitrogens is 2. The molecule has 0 N–H and O–H groups in total. The van der Waals surface area contributed by atoms with Crippen molar-refractivity contribution < 1.29 is 8.42 Å². The summed E-state index contributed by atoms with van der Waals surface area (Å²) in [4.78, 5) is 4.22. The fourth-order valence-corrected chi connectivity index (χ4v) is 3.45. The van der Waals surface area contributed by atoms with E-state index in [0.29, 0.717) is 5.56 Å². The quantitative estimate of drug-likeness (QED) is 0.739. The van der Waals surface area contributed by atoms with Gasteiger partial charge >= 0.3 is 0 Å². The maximum absolute atomic E-state index is 12.0. The summed E-state index contributed by atoms with van der Waals surface area (Å²) in [5.41, 5.74) is 3.74. The maximum Gasteiger partial charge on any atom is 0.217 e. The van der Waals surface area contributed by atoms with Gasteiger partial charge in [0.05, 0.1) is 11.4 Å². The van der Waals surface area contributed by atoms with Crippen molar-refractivity contribution in [3.63, 3.8) is 0 Å². The maximum atomic E-state index is 12.0. The van der Waals surface area contributed by atoms with Gasteiger partial charge in [0.2, 0.25) is 10.0 Å². The third kappa shape index (κ3) is 3.00. The van der Waals surface area contributed by atoms with Crippen LogP contribution in [0.15, 0.2) is 48.8 Å². The predicted octanol–water partition coefficient (Wildman–Crippen LogP) is 2.63. The Morgan fingerprint density at radius 2 is 1.87 bits per heavy atom. The van der Waals surface area contributed by atoms with E-state index in [0.717, 1.165) is 22.2 Å². The number of nitrogens with zero attached hydrogens (tertiary/aromatic N) is 3. The van der Waals surface area contributed by atoms with Crippen molar-refractivity contribution in [1.82, 2.24) is 13.9 Å². The molecule has 6 heteroatoms. The largest absolute Gasteiger partial charge is 0.344 e. The monoisotopic (exact) mass is 329 g/mol. The lowest BCUT2D eigenvalue weighted by atomic mass is 10.1. The van der Waals surface area contributed by atoms with Gasteiger partial charge in [0.15, 0.2) is 0 Å². The molecule has 0 spiro atoms. The zero-order valence-electron chi connectivity index (χ0n) is 13.4. The van der Waals surface area contributed by atoms with E-state index in [1.165, 1.54) is 18.4 Å². The van der Waals surface area contributed by atoms with Gasteiger partial charge in [-0.15, -0.1) is 0 Å². The van der Waals surface area contributed by atoms with E-state index >= 15 is 0 Å². The van der Waals surface area contributed by atoms with Crippen LogP contribution in [0.5, 0.6) is 0 Å². The van der Waals surface area contributed by atoms with Gasteiger partial charge in [-0.05, 0) is 23.8 Å². The molecule has 0 bridgehead atoms. The lowest BCUT2D eigenvalue weighted by molar-refractivity contribution is 0.519. The second kappa shape index (κ2) is 5.79. The minimum atomic E-state index is -3.30. The number of sulfonamides is 1. The SMILES string of the molecule is CN(C)S(=O)(=O)Cc1cncc(-c2cc3ccccc3n2C)c1. The highest BCUT2D eigenvalue weighted by molar-refractivity contribution is 7.88. The lowest BCUT2D eigenvalue weighted by Gasteiger charge is -2.12. The van der Waals surface area contributed by atoms with Crippen LogP contribution in [0.3, 0.4) is 0 Å². The summed E-state index contributed by atoms with van der Waals surface area (Å²) in [5, 5.41) is 1.15. The van der Waals surface area contributed by atoms with Crippen molar-refractivity contribution in [2.75, 3.05) is 14.1 Å². The van der Waals surface area contributed by atoms with Crippen molar-refractivity contribution in [2.24, 2.45) is 7.05 Å². The van der Waals surface area contributed by atoms with Crippen molar-refractivity contribution in [1.29, 1.82) is 0 Å². The van der Waals surface area contributed by atoms with Gasteiger partial charge in [-0.3, -0.25) is 4.98 Å². The Morgan fingerprint density at radius 3 is 2.57 bits per heavy atom. The van der Waals surface area contributed by atoms with Gasteiger partial charge in [-0.1, -0.05) is 18.2 Å². The topological polar surface area (TPSA) is 55.2 Å². The molecule has 0 atom stereocenters. The average Bonchev–Trinajstić information content (AvgIpc) is 2.85. The third-order valence-corrected chi connectivity index (χ3v) is 5.76. The van der Waals surface area contributed by atoms with E-state index < -0.39 is 10.0 Å². The number of aryl methyl sites for hydroxylation is 1. The molecule has 1 aromatic carbocycles. The van der Waals surface area contributed by atoms with E-state index in [1.807, 2.05) is 25.2 Å². The van der Waals surface area contributed by atoms with Crippen molar-refractivity contribution in [3.8, 4) is 11.3 Å². The number of pyridine rings is 1. The van der Waals surface area contributed by atoms with Crippen LogP contribution in [0.25, 0.3) is 22.2 Å². The Morgan fingerprint density at radius 1 is 1.13 bits per heavy atom. The predicted molar refractivity (Wildman–Crippen MR) is 92.5 cm³/mol. The highest BCUT2D eigenvalue weighted by Gasteiger charge is 2.16. The molecular weight excluding hydrogens is 310 g/mol. The zero-order chi connectivity index (χ0) is 16.6. The second-order valence-electron chi connectivity index (χ2n) is 5.77.